The Morgan fingerprint density at radius 2 is 1.81 bits per heavy atom. The number of hydroxylamine groups is 3. The number of amides is 2. The van der Waals surface area contributed by atoms with Crippen molar-refractivity contribution in [3.8, 4) is 0 Å². The van der Waals surface area contributed by atoms with Crippen LogP contribution in [0.4, 0.5) is 0 Å². The summed E-state index contributed by atoms with van der Waals surface area (Å²) in [6.45, 7) is 5.18. The molecule has 21 heteroatoms. The van der Waals surface area contributed by atoms with Crippen molar-refractivity contribution >= 4 is 41.2 Å². The predicted octanol–water partition coefficient (Wildman–Crippen LogP) is 1.48. The zero-order chi connectivity index (χ0) is 39.3. The SMILES string of the molecule is CCC[C@H](N[C@@H](C)C(=O)N1[C@H](C(=O)O)C[C@@H]2CCCC[C@@H]21)C(=O)OCC.O=C(CCOC1=C(S(=O)(=O)c2ccccc2)N([O-])ON1)NCCP(=O)(O)O. The Labute approximate surface area is 308 Å². The van der Waals surface area contributed by atoms with Gasteiger partial charge in [-0.05, 0) is 57.6 Å². The van der Waals surface area contributed by atoms with Crippen LogP contribution in [0.5, 0.6) is 0 Å². The molecule has 0 bridgehead atoms. The van der Waals surface area contributed by atoms with E-state index in [4.69, 9.17) is 19.3 Å². The van der Waals surface area contributed by atoms with Gasteiger partial charge in [0, 0.05) is 12.6 Å². The summed E-state index contributed by atoms with van der Waals surface area (Å²) < 4.78 is 46.0. The van der Waals surface area contributed by atoms with E-state index in [0.29, 0.717) is 19.4 Å². The van der Waals surface area contributed by atoms with Crippen molar-refractivity contribution in [3.63, 3.8) is 0 Å². The number of aliphatic carboxylic acids is 1. The van der Waals surface area contributed by atoms with Gasteiger partial charge in [-0.3, -0.25) is 29.5 Å². The molecule has 53 heavy (non-hydrogen) atoms. The Balaban J connectivity index is 0.000000286. The summed E-state index contributed by atoms with van der Waals surface area (Å²) in [6.07, 6.45) is 5.12. The minimum absolute atomic E-state index is 0.00817. The molecule has 2 amide bonds. The third kappa shape index (κ3) is 12.4. The first-order valence-electron chi connectivity index (χ1n) is 17.4. The molecule has 6 N–H and O–H groups in total. The van der Waals surface area contributed by atoms with Crippen LogP contribution in [0.15, 0.2) is 46.1 Å². The van der Waals surface area contributed by atoms with E-state index in [0.717, 1.165) is 32.1 Å². The number of esters is 1. The molecule has 1 aliphatic carbocycles. The molecule has 0 spiro atoms. The van der Waals surface area contributed by atoms with E-state index in [1.54, 1.807) is 24.8 Å². The number of carboxylic acids is 1. The standard InChI is InChI=1S/C19H32N2O5.C13H17N3O9PS/c1-4-8-14(19(25)26-5-2)20-12(3)17(22)21-15-10-7-6-9-13(15)11-16(21)18(23)24;17-11(14-7-9-26(19,20)21)6-8-24-12-13(16(18)25-15-12)27(22,23)10-4-2-1-3-5-10/h12-16,20H,4-11H2,1-3H3,(H,23,24);1-5,15H,6-9H2,(H,14,17)(H2,19,20,21)/q;-1/t12-,13-,14-,15-,16-;/m0./s1. The average Bonchev–Trinajstić information content (AvgIpc) is 3.69. The highest BCUT2D eigenvalue weighted by atomic mass is 32.2. The third-order valence-corrected chi connectivity index (χ3v) is 11.3. The zero-order valence-corrected chi connectivity index (χ0v) is 31.6. The Morgan fingerprint density at radius 1 is 1.13 bits per heavy atom. The van der Waals surface area contributed by atoms with E-state index in [9.17, 15) is 42.5 Å². The van der Waals surface area contributed by atoms with Crippen LogP contribution in [0.1, 0.15) is 72.1 Å². The first kappa shape index (κ1) is 43.6. The van der Waals surface area contributed by atoms with Crippen molar-refractivity contribution in [2.75, 3.05) is 25.9 Å². The number of likely N-dealkylation sites (tertiary alicyclic amines) is 1. The van der Waals surface area contributed by atoms with Gasteiger partial charge in [0.15, 0.2) is 0 Å². The van der Waals surface area contributed by atoms with Crippen LogP contribution < -0.4 is 16.1 Å². The van der Waals surface area contributed by atoms with Crippen molar-refractivity contribution in [2.45, 2.75) is 101 Å². The number of carbonyl (C=O) groups is 4. The molecular formula is C32H49N5O14PS-. The molecule has 298 valence electrons. The molecule has 19 nitrogen and oxygen atoms in total. The van der Waals surface area contributed by atoms with Crippen LogP contribution in [0.3, 0.4) is 0 Å². The minimum atomic E-state index is -4.22. The maximum absolute atomic E-state index is 13.1. The number of carboxylic acid groups (broad SMARTS) is 1. The van der Waals surface area contributed by atoms with E-state index < -0.39 is 64.5 Å². The third-order valence-electron chi connectivity index (χ3n) is 8.79. The largest absolute Gasteiger partial charge is 0.731 e. The fourth-order valence-corrected chi connectivity index (χ4v) is 8.06. The summed E-state index contributed by atoms with van der Waals surface area (Å²) in [6, 6.07) is 5.23. The summed E-state index contributed by atoms with van der Waals surface area (Å²) in [7, 11) is -8.44. The predicted molar refractivity (Wildman–Crippen MR) is 187 cm³/mol. The maximum Gasteiger partial charge on any atom is 0.327 e. The molecule has 1 aromatic carbocycles. The fourth-order valence-electron chi connectivity index (χ4n) is 6.34. The Morgan fingerprint density at radius 3 is 2.43 bits per heavy atom. The number of benzene rings is 1. The smallest absolute Gasteiger partial charge is 0.327 e. The Hall–Kier alpha value is -3.78. The quantitative estimate of drug-likeness (QED) is 0.0963. The van der Waals surface area contributed by atoms with Gasteiger partial charge < -0.3 is 39.8 Å². The molecule has 1 saturated heterocycles. The topological polar surface area (TPSA) is 274 Å². The maximum atomic E-state index is 13.1. The van der Waals surface area contributed by atoms with E-state index in [1.807, 2.05) is 12.4 Å². The number of fused-ring (bicyclic) bond motifs is 1. The summed E-state index contributed by atoms with van der Waals surface area (Å²) in [5.41, 5.74) is 2.03. The summed E-state index contributed by atoms with van der Waals surface area (Å²) in [4.78, 5) is 71.7. The lowest BCUT2D eigenvalue weighted by molar-refractivity contribution is -0.152. The second-order valence-corrected chi connectivity index (χ2v) is 16.3. The van der Waals surface area contributed by atoms with Crippen molar-refractivity contribution in [3.05, 3.63) is 46.5 Å². The molecule has 2 heterocycles. The van der Waals surface area contributed by atoms with Crippen LogP contribution in [0.2, 0.25) is 0 Å². The van der Waals surface area contributed by atoms with Gasteiger partial charge in [-0.1, -0.05) is 44.4 Å². The van der Waals surface area contributed by atoms with Crippen LogP contribution in [0, 0.1) is 11.1 Å². The highest BCUT2D eigenvalue weighted by Gasteiger charge is 2.48. The number of nitrogens with zero attached hydrogens (tertiary/aromatic N) is 2. The molecular weight excluding hydrogens is 741 g/mol. The number of nitrogens with one attached hydrogen (secondary N) is 3. The van der Waals surface area contributed by atoms with Crippen LogP contribution in [0.25, 0.3) is 0 Å². The fraction of sp³-hybridized carbons (Fsp3) is 0.625. The number of carbonyl (C=O) groups excluding carboxylic acids is 3. The molecule has 2 fully saturated rings. The lowest BCUT2D eigenvalue weighted by Crippen LogP contribution is -2.55. The molecule has 0 aromatic heterocycles. The Bertz CT molecular complexity index is 1610. The average molecular weight is 791 g/mol. The van der Waals surface area contributed by atoms with Gasteiger partial charge in [0.2, 0.25) is 26.7 Å². The lowest BCUT2D eigenvalue weighted by atomic mass is 9.84. The second kappa shape index (κ2) is 20.1. The molecule has 4 rings (SSSR count). The molecule has 3 aliphatic rings. The van der Waals surface area contributed by atoms with Gasteiger partial charge in [-0.25, -0.2) is 18.7 Å². The van der Waals surface area contributed by atoms with Gasteiger partial charge in [0.05, 0.1) is 36.7 Å². The van der Waals surface area contributed by atoms with Crippen molar-refractivity contribution in [1.82, 2.24) is 26.2 Å². The number of rotatable bonds is 17. The highest BCUT2D eigenvalue weighted by molar-refractivity contribution is 7.95. The molecule has 0 unspecified atom stereocenters. The Kier molecular flexibility index (Phi) is 16.5. The monoisotopic (exact) mass is 790 g/mol. The van der Waals surface area contributed by atoms with Gasteiger partial charge in [-0.2, -0.15) is 4.94 Å². The van der Waals surface area contributed by atoms with Crippen molar-refractivity contribution in [1.29, 1.82) is 0 Å². The van der Waals surface area contributed by atoms with Gasteiger partial charge in [0.1, 0.15) is 12.1 Å². The second-order valence-electron chi connectivity index (χ2n) is 12.7. The lowest BCUT2D eigenvalue weighted by Gasteiger charge is -2.35. The van der Waals surface area contributed by atoms with E-state index >= 15 is 0 Å². The molecule has 2 aliphatic heterocycles. The molecule has 1 saturated carbocycles. The highest BCUT2D eigenvalue weighted by Crippen LogP contribution is 2.40. The first-order chi connectivity index (χ1) is 25.0. The number of sulfone groups is 1. The van der Waals surface area contributed by atoms with Crippen LogP contribution in [-0.2, 0) is 48.0 Å². The number of ether oxygens (including phenoxy) is 2. The number of hydrogen-bond acceptors (Lipinski definition) is 14. The minimum Gasteiger partial charge on any atom is -0.731 e. The van der Waals surface area contributed by atoms with Gasteiger partial charge >= 0.3 is 19.5 Å². The summed E-state index contributed by atoms with van der Waals surface area (Å²) >= 11 is 0. The normalized spacial score (nSPS) is 21.1. The van der Waals surface area contributed by atoms with Crippen LogP contribution >= 0.6 is 7.60 Å². The number of hydrogen-bond donors (Lipinski definition) is 6. The van der Waals surface area contributed by atoms with E-state index in [2.05, 4.69) is 15.6 Å². The van der Waals surface area contributed by atoms with E-state index in [-0.39, 0.29) is 53.5 Å². The zero-order valence-electron chi connectivity index (χ0n) is 29.8. The first-order valence-corrected chi connectivity index (χ1v) is 20.7. The van der Waals surface area contributed by atoms with Crippen molar-refractivity contribution < 1.29 is 61.5 Å². The van der Waals surface area contributed by atoms with Gasteiger partial charge in [-0.15, -0.1) is 0 Å². The molecule has 1 aromatic rings. The van der Waals surface area contributed by atoms with Crippen LogP contribution in [-0.4, -0.2) is 107 Å². The summed E-state index contributed by atoms with van der Waals surface area (Å²) in [5, 5.41) is 25.6. The van der Waals surface area contributed by atoms with Crippen molar-refractivity contribution in [2.24, 2.45) is 5.92 Å². The van der Waals surface area contributed by atoms with E-state index in [1.165, 1.54) is 24.3 Å². The van der Waals surface area contributed by atoms with Gasteiger partial charge in [0.25, 0.3) is 5.88 Å². The molecule has 5 atom stereocenters. The summed E-state index contributed by atoms with van der Waals surface area (Å²) in [5.74, 6) is -2.29. The molecule has 0 radical (unpaired) electrons.